The maximum atomic E-state index is 13.7. The highest BCUT2D eigenvalue weighted by Crippen LogP contribution is 2.39. The minimum Gasteiger partial charge on any atom is -0.328 e. The number of nitrogens with zero attached hydrogens (tertiary/aromatic N) is 3. The summed E-state index contributed by atoms with van der Waals surface area (Å²) < 4.78 is 1.74. The Hall–Kier alpha value is -3.26. The number of amides is 1. The molecule has 0 unspecified atom stereocenters. The SMILES string of the molecule is CC1=C(C(=O)Nc2ccc(C)cc2C)[C@H](c2ccccc2Cl)n2nc(SCc3cccc(Cl)c3)nc2N1. The molecule has 1 aliphatic heterocycles. The van der Waals surface area contributed by atoms with E-state index in [-0.39, 0.29) is 5.91 Å². The predicted molar refractivity (Wildman–Crippen MR) is 151 cm³/mol. The minimum absolute atomic E-state index is 0.226. The highest BCUT2D eigenvalue weighted by atomic mass is 35.5. The Morgan fingerprint density at radius 3 is 2.62 bits per heavy atom. The number of nitrogens with one attached hydrogen (secondary N) is 2. The molecular formula is C28H25Cl2N5OS. The number of hydrogen-bond donors (Lipinski definition) is 2. The third kappa shape index (κ3) is 5.39. The van der Waals surface area contributed by atoms with Crippen molar-refractivity contribution in [3.8, 4) is 0 Å². The van der Waals surface area contributed by atoms with E-state index >= 15 is 0 Å². The van der Waals surface area contributed by atoms with Gasteiger partial charge in [-0.2, -0.15) is 4.98 Å². The number of benzene rings is 3. The normalized spacial score (nSPS) is 14.8. The molecule has 0 fully saturated rings. The van der Waals surface area contributed by atoms with Gasteiger partial charge >= 0.3 is 0 Å². The summed E-state index contributed by atoms with van der Waals surface area (Å²) in [4.78, 5) is 18.4. The van der Waals surface area contributed by atoms with E-state index in [0.29, 0.717) is 38.2 Å². The maximum Gasteiger partial charge on any atom is 0.255 e. The zero-order valence-electron chi connectivity index (χ0n) is 20.5. The number of rotatable bonds is 6. The molecule has 1 amide bonds. The molecule has 1 atom stereocenters. The van der Waals surface area contributed by atoms with E-state index in [1.165, 1.54) is 11.8 Å². The molecule has 0 spiro atoms. The number of thioether (sulfide) groups is 1. The van der Waals surface area contributed by atoms with Crippen LogP contribution in [-0.4, -0.2) is 20.7 Å². The summed E-state index contributed by atoms with van der Waals surface area (Å²) in [6, 6.07) is 20.6. The molecule has 6 nitrogen and oxygen atoms in total. The van der Waals surface area contributed by atoms with Crippen LogP contribution in [0.15, 0.2) is 83.2 Å². The summed E-state index contributed by atoms with van der Waals surface area (Å²) in [6.07, 6.45) is 0. The lowest BCUT2D eigenvalue weighted by molar-refractivity contribution is -0.113. The maximum absolute atomic E-state index is 13.7. The number of carbonyl (C=O) groups is 1. The number of hydrogen-bond acceptors (Lipinski definition) is 5. The largest absolute Gasteiger partial charge is 0.328 e. The molecule has 3 aromatic carbocycles. The number of anilines is 2. The number of fused-ring (bicyclic) bond motifs is 1. The van der Waals surface area contributed by atoms with Crippen LogP contribution in [0.3, 0.4) is 0 Å². The van der Waals surface area contributed by atoms with Crippen molar-refractivity contribution in [3.05, 3.63) is 110 Å². The number of aryl methyl sites for hydroxylation is 2. The van der Waals surface area contributed by atoms with E-state index < -0.39 is 6.04 Å². The fraction of sp³-hybridized carbons (Fsp3) is 0.179. The third-order valence-electron chi connectivity index (χ3n) is 6.16. The highest BCUT2D eigenvalue weighted by molar-refractivity contribution is 7.98. The number of halogens is 2. The standard InChI is InChI=1S/C28H25Cl2N5OS/c1-16-11-12-23(17(2)13-16)32-26(36)24-18(3)31-27-33-28(37-15-19-7-6-8-20(29)14-19)34-35(27)25(24)21-9-4-5-10-22(21)30/h4-14,25H,15H2,1-3H3,(H,32,36)(H,31,33,34)/t25-/m0/s1. The molecule has 37 heavy (non-hydrogen) atoms. The highest BCUT2D eigenvalue weighted by Gasteiger charge is 2.35. The van der Waals surface area contributed by atoms with Crippen LogP contribution < -0.4 is 10.6 Å². The van der Waals surface area contributed by atoms with Gasteiger partial charge in [-0.3, -0.25) is 4.79 Å². The smallest absolute Gasteiger partial charge is 0.255 e. The van der Waals surface area contributed by atoms with E-state index in [1.54, 1.807) is 4.68 Å². The van der Waals surface area contributed by atoms with Crippen molar-refractivity contribution in [1.29, 1.82) is 0 Å². The lowest BCUT2D eigenvalue weighted by Gasteiger charge is -2.29. The van der Waals surface area contributed by atoms with E-state index in [1.807, 2.05) is 87.5 Å². The second-order valence-corrected chi connectivity index (χ2v) is 10.7. The number of carbonyl (C=O) groups excluding carboxylic acids is 1. The van der Waals surface area contributed by atoms with Gasteiger partial charge in [-0.05, 0) is 56.2 Å². The van der Waals surface area contributed by atoms with Gasteiger partial charge in [0.25, 0.3) is 5.91 Å². The quantitative estimate of drug-likeness (QED) is 0.245. The Labute approximate surface area is 230 Å². The Morgan fingerprint density at radius 2 is 1.86 bits per heavy atom. The Balaban J connectivity index is 1.50. The average molecular weight is 551 g/mol. The number of aromatic nitrogens is 3. The van der Waals surface area contributed by atoms with Crippen molar-refractivity contribution >= 4 is 52.5 Å². The van der Waals surface area contributed by atoms with Gasteiger partial charge < -0.3 is 10.6 Å². The fourth-order valence-electron chi connectivity index (χ4n) is 4.39. The molecule has 1 aliphatic rings. The Morgan fingerprint density at radius 1 is 1.05 bits per heavy atom. The zero-order chi connectivity index (χ0) is 26.1. The van der Waals surface area contributed by atoms with Gasteiger partial charge in [0, 0.05) is 32.7 Å². The van der Waals surface area contributed by atoms with Gasteiger partial charge in [-0.25, -0.2) is 4.68 Å². The van der Waals surface area contributed by atoms with Crippen LogP contribution in [0, 0.1) is 13.8 Å². The molecule has 2 N–H and O–H groups in total. The summed E-state index contributed by atoms with van der Waals surface area (Å²) in [5, 5.41) is 13.0. The van der Waals surface area contributed by atoms with Gasteiger partial charge in [0.15, 0.2) is 0 Å². The van der Waals surface area contributed by atoms with E-state index in [0.717, 1.165) is 27.9 Å². The van der Waals surface area contributed by atoms with Crippen molar-refractivity contribution in [2.24, 2.45) is 0 Å². The first kappa shape index (κ1) is 25.4. The van der Waals surface area contributed by atoms with Gasteiger partial charge in [0.1, 0.15) is 6.04 Å². The third-order valence-corrected chi connectivity index (χ3v) is 7.65. The molecule has 0 radical (unpaired) electrons. The number of allylic oxidation sites excluding steroid dienone is 1. The van der Waals surface area contributed by atoms with Gasteiger partial charge in [-0.1, -0.05) is 83.0 Å². The molecule has 188 valence electrons. The summed E-state index contributed by atoms with van der Waals surface area (Å²) in [5.74, 6) is 0.989. The molecule has 9 heteroatoms. The molecular weight excluding hydrogens is 525 g/mol. The van der Waals surface area contributed by atoms with E-state index in [9.17, 15) is 4.79 Å². The molecule has 0 bridgehead atoms. The Kier molecular flexibility index (Phi) is 7.29. The van der Waals surface area contributed by atoms with Crippen LogP contribution in [0.5, 0.6) is 0 Å². The minimum atomic E-state index is -0.552. The van der Waals surface area contributed by atoms with Crippen molar-refractivity contribution in [3.63, 3.8) is 0 Å². The molecule has 4 aromatic rings. The molecule has 1 aromatic heterocycles. The van der Waals surface area contributed by atoms with Crippen molar-refractivity contribution < 1.29 is 4.79 Å². The first-order valence-electron chi connectivity index (χ1n) is 11.7. The average Bonchev–Trinajstić information content (AvgIpc) is 3.26. The summed E-state index contributed by atoms with van der Waals surface area (Å²) in [7, 11) is 0. The van der Waals surface area contributed by atoms with Gasteiger partial charge in [0.05, 0.1) is 5.57 Å². The predicted octanol–water partition coefficient (Wildman–Crippen LogP) is 7.42. The molecule has 0 aliphatic carbocycles. The topological polar surface area (TPSA) is 71.8 Å². The van der Waals surface area contributed by atoms with Crippen LogP contribution in [-0.2, 0) is 10.5 Å². The van der Waals surface area contributed by atoms with Crippen molar-refractivity contribution in [2.75, 3.05) is 10.6 Å². The van der Waals surface area contributed by atoms with Crippen LogP contribution in [0.2, 0.25) is 10.0 Å². The molecule has 2 heterocycles. The summed E-state index contributed by atoms with van der Waals surface area (Å²) in [5.41, 5.74) is 5.95. The van der Waals surface area contributed by atoms with Crippen LogP contribution in [0.4, 0.5) is 11.6 Å². The van der Waals surface area contributed by atoms with Gasteiger partial charge in [-0.15, -0.1) is 5.10 Å². The zero-order valence-corrected chi connectivity index (χ0v) is 22.9. The summed E-state index contributed by atoms with van der Waals surface area (Å²) in [6.45, 7) is 5.88. The molecule has 0 saturated heterocycles. The second kappa shape index (κ2) is 10.6. The van der Waals surface area contributed by atoms with Crippen LogP contribution >= 0.6 is 35.0 Å². The fourth-order valence-corrected chi connectivity index (χ4v) is 5.61. The first-order chi connectivity index (χ1) is 17.8. The van der Waals surface area contributed by atoms with Crippen LogP contribution in [0.25, 0.3) is 0 Å². The molecule has 0 saturated carbocycles. The Bertz CT molecular complexity index is 1530. The van der Waals surface area contributed by atoms with Crippen molar-refractivity contribution in [2.45, 2.75) is 37.7 Å². The second-order valence-electron chi connectivity index (χ2n) is 8.94. The molecule has 5 rings (SSSR count). The lowest BCUT2D eigenvalue weighted by Crippen LogP contribution is -2.31. The summed E-state index contributed by atoms with van der Waals surface area (Å²) >= 11 is 14.3. The van der Waals surface area contributed by atoms with E-state index in [2.05, 4.69) is 10.6 Å². The monoisotopic (exact) mass is 549 g/mol. The lowest BCUT2D eigenvalue weighted by atomic mass is 9.95. The van der Waals surface area contributed by atoms with E-state index in [4.69, 9.17) is 33.3 Å². The first-order valence-corrected chi connectivity index (χ1v) is 13.5. The van der Waals surface area contributed by atoms with Crippen LogP contribution in [0.1, 0.15) is 35.2 Å². The van der Waals surface area contributed by atoms with Crippen molar-refractivity contribution in [1.82, 2.24) is 14.8 Å². The van der Waals surface area contributed by atoms with Gasteiger partial charge in [0.2, 0.25) is 11.1 Å².